The van der Waals surface area contributed by atoms with Gasteiger partial charge in [-0.05, 0) is 25.0 Å². The zero-order chi connectivity index (χ0) is 13.0. The van der Waals surface area contributed by atoms with Gasteiger partial charge in [0.1, 0.15) is 5.69 Å². The molecular weight excluding hydrogens is 230 g/mol. The smallest absolute Gasteiger partial charge is 0.272 e. The van der Waals surface area contributed by atoms with E-state index in [-0.39, 0.29) is 12.0 Å². The first kappa shape index (κ1) is 12.8. The Bertz CT molecular complexity index is 405. The normalized spacial score (nSPS) is 19.0. The van der Waals surface area contributed by atoms with Crippen molar-refractivity contribution in [2.45, 2.75) is 25.9 Å². The highest BCUT2D eigenvalue weighted by atomic mass is 16.3. The van der Waals surface area contributed by atoms with Crippen molar-refractivity contribution in [1.82, 2.24) is 9.88 Å². The molecule has 0 saturated carbocycles. The SMILES string of the molecule is CCCNc1ccc(C(=O)N2CCC(O)C2)nc1. The standard InChI is InChI=1S/C13H19N3O2/c1-2-6-14-10-3-4-12(15-8-10)13(18)16-7-5-11(17)9-16/h3-4,8,11,14,17H,2,5-7,9H2,1H3. The monoisotopic (exact) mass is 249 g/mol. The van der Waals surface area contributed by atoms with E-state index < -0.39 is 0 Å². The molecule has 1 aromatic rings. The lowest BCUT2D eigenvalue weighted by atomic mass is 10.3. The Balaban J connectivity index is 1.98. The molecule has 98 valence electrons. The largest absolute Gasteiger partial charge is 0.391 e. The van der Waals surface area contributed by atoms with Gasteiger partial charge in [0, 0.05) is 19.6 Å². The summed E-state index contributed by atoms with van der Waals surface area (Å²) in [4.78, 5) is 17.9. The Labute approximate surface area is 107 Å². The van der Waals surface area contributed by atoms with Crippen LogP contribution in [0.5, 0.6) is 0 Å². The number of β-amino-alcohol motifs (C(OH)–C–C–N with tert-alkyl or cyclic N) is 1. The van der Waals surface area contributed by atoms with Crippen LogP contribution >= 0.6 is 0 Å². The van der Waals surface area contributed by atoms with Crippen LogP contribution in [0.15, 0.2) is 18.3 Å². The van der Waals surface area contributed by atoms with E-state index >= 15 is 0 Å². The maximum absolute atomic E-state index is 12.0. The molecule has 1 aliphatic rings. The number of carbonyl (C=O) groups is 1. The summed E-state index contributed by atoms with van der Waals surface area (Å²) in [5.41, 5.74) is 1.36. The Morgan fingerprint density at radius 2 is 2.44 bits per heavy atom. The number of nitrogens with one attached hydrogen (secondary N) is 1. The summed E-state index contributed by atoms with van der Waals surface area (Å²) in [5.74, 6) is -0.103. The van der Waals surface area contributed by atoms with Gasteiger partial charge in [-0.1, -0.05) is 6.92 Å². The molecule has 2 heterocycles. The zero-order valence-electron chi connectivity index (χ0n) is 10.6. The van der Waals surface area contributed by atoms with Gasteiger partial charge in [-0.3, -0.25) is 4.79 Å². The van der Waals surface area contributed by atoms with Gasteiger partial charge in [-0.15, -0.1) is 0 Å². The summed E-state index contributed by atoms with van der Waals surface area (Å²) in [7, 11) is 0. The second kappa shape index (κ2) is 5.82. The van der Waals surface area contributed by atoms with Crippen molar-refractivity contribution < 1.29 is 9.90 Å². The van der Waals surface area contributed by atoms with Gasteiger partial charge in [-0.25, -0.2) is 4.98 Å². The molecule has 1 aromatic heterocycles. The predicted octanol–water partition coefficient (Wildman–Crippen LogP) is 1.11. The Kier molecular flexibility index (Phi) is 4.15. The van der Waals surface area contributed by atoms with Crippen molar-refractivity contribution >= 4 is 11.6 Å². The van der Waals surface area contributed by atoms with Gasteiger partial charge in [0.05, 0.1) is 18.0 Å². The van der Waals surface area contributed by atoms with Crippen LogP contribution in [-0.2, 0) is 0 Å². The highest BCUT2D eigenvalue weighted by molar-refractivity contribution is 5.92. The fraction of sp³-hybridized carbons (Fsp3) is 0.538. The molecule has 2 N–H and O–H groups in total. The second-order valence-corrected chi connectivity index (χ2v) is 4.55. The lowest BCUT2D eigenvalue weighted by Gasteiger charge is -2.15. The quantitative estimate of drug-likeness (QED) is 0.839. The van der Waals surface area contributed by atoms with Gasteiger partial charge < -0.3 is 15.3 Å². The molecule has 0 aromatic carbocycles. The number of aliphatic hydroxyl groups excluding tert-OH is 1. The van der Waals surface area contributed by atoms with Gasteiger partial charge in [0.25, 0.3) is 5.91 Å². The number of nitrogens with zero attached hydrogens (tertiary/aromatic N) is 2. The van der Waals surface area contributed by atoms with E-state index in [1.165, 1.54) is 0 Å². The van der Waals surface area contributed by atoms with Gasteiger partial charge in [-0.2, -0.15) is 0 Å². The molecule has 18 heavy (non-hydrogen) atoms. The molecule has 1 amide bonds. The number of aliphatic hydroxyl groups is 1. The minimum atomic E-state index is -0.389. The molecule has 0 spiro atoms. The molecule has 0 bridgehead atoms. The van der Waals surface area contributed by atoms with Crippen LogP contribution in [0.1, 0.15) is 30.3 Å². The molecule has 0 aliphatic carbocycles. The summed E-state index contributed by atoms with van der Waals surface area (Å²) in [5, 5.41) is 12.6. The summed E-state index contributed by atoms with van der Waals surface area (Å²) in [6, 6.07) is 3.59. The minimum absolute atomic E-state index is 0.103. The van der Waals surface area contributed by atoms with Crippen LogP contribution in [0.25, 0.3) is 0 Å². The fourth-order valence-electron chi connectivity index (χ4n) is 1.98. The maximum Gasteiger partial charge on any atom is 0.272 e. The first-order valence-corrected chi connectivity index (χ1v) is 6.38. The number of anilines is 1. The van der Waals surface area contributed by atoms with E-state index in [1.807, 2.05) is 6.07 Å². The first-order chi connectivity index (χ1) is 8.70. The zero-order valence-corrected chi connectivity index (χ0v) is 10.6. The molecule has 2 rings (SSSR count). The van der Waals surface area contributed by atoms with Crippen LogP contribution in [0.4, 0.5) is 5.69 Å². The second-order valence-electron chi connectivity index (χ2n) is 4.55. The Hall–Kier alpha value is -1.62. The van der Waals surface area contributed by atoms with Crippen molar-refractivity contribution in [3.05, 3.63) is 24.0 Å². The van der Waals surface area contributed by atoms with Crippen molar-refractivity contribution in [2.24, 2.45) is 0 Å². The van der Waals surface area contributed by atoms with Crippen molar-refractivity contribution in [1.29, 1.82) is 0 Å². The summed E-state index contributed by atoms with van der Waals surface area (Å²) >= 11 is 0. The summed E-state index contributed by atoms with van der Waals surface area (Å²) < 4.78 is 0. The highest BCUT2D eigenvalue weighted by Gasteiger charge is 2.25. The molecule has 1 atom stereocenters. The average Bonchev–Trinajstić information content (AvgIpc) is 2.83. The fourth-order valence-corrected chi connectivity index (χ4v) is 1.98. The maximum atomic E-state index is 12.0. The third-order valence-corrected chi connectivity index (χ3v) is 3.01. The number of likely N-dealkylation sites (tertiary alicyclic amines) is 1. The van der Waals surface area contributed by atoms with E-state index in [9.17, 15) is 9.90 Å². The minimum Gasteiger partial charge on any atom is -0.391 e. The van der Waals surface area contributed by atoms with E-state index in [0.29, 0.717) is 25.2 Å². The molecule has 1 saturated heterocycles. The predicted molar refractivity (Wildman–Crippen MR) is 69.5 cm³/mol. The van der Waals surface area contributed by atoms with Gasteiger partial charge in [0.2, 0.25) is 0 Å². The van der Waals surface area contributed by atoms with Crippen molar-refractivity contribution in [2.75, 3.05) is 25.0 Å². The van der Waals surface area contributed by atoms with E-state index in [0.717, 1.165) is 18.7 Å². The van der Waals surface area contributed by atoms with Crippen LogP contribution in [0.3, 0.4) is 0 Å². The van der Waals surface area contributed by atoms with Gasteiger partial charge >= 0.3 is 0 Å². The van der Waals surface area contributed by atoms with E-state index in [1.54, 1.807) is 17.2 Å². The lowest BCUT2D eigenvalue weighted by Crippen LogP contribution is -2.30. The van der Waals surface area contributed by atoms with Crippen LogP contribution < -0.4 is 5.32 Å². The number of amides is 1. The topological polar surface area (TPSA) is 65.5 Å². The lowest BCUT2D eigenvalue weighted by molar-refractivity contribution is 0.0759. The molecule has 5 nitrogen and oxygen atoms in total. The first-order valence-electron chi connectivity index (χ1n) is 6.38. The van der Waals surface area contributed by atoms with Crippen LogP contribution in [0, 0.1) is 0 Å². The molecule has 1 aliphatic heterocycles. The molecular formula is C13H19N3O2. The highest BCUT2D eigenvalue weighted by Crippen LogP contribution is 2.13. The number of hydrogen-bond acceptors (Lipinski definition) is 4. The number of hydrogen-bond donors (Lipinski definition) is 2. The van der Waals surface area contributed by atoms with Gasteiger partial charge in [0.15, 0.2) is 0 Å². The van der Waals surface area contributed by atoms with Crippen LogP contribution in [0.2, 0.25) is 0 Å². The number of aromatic nitrogens is 1. The van der Waals surface area contributed by atoms with Crippen molar-refractivity contribution in [3.63, 3.8) is 0 Å². The van der Waals surface area contributed by atoms with E-state index in [2.05, 4.69) is 17.2 Å². The Morgan fingerprint density at radius 3 is 3.00 bits per heavy atom. The third kappa shape index (κ3) is 2.98. The summed E-state index contributed by atoms with van der Waals surface area (Å²) in [6.07, 6.45) is 2.99. The number of pyridine rings is 1. The molecule has 1 fully saturated rings. The molecule has 1 unspecified atom stereocenters. The Morgan fingerprint density at radius 1 is 1.61 bits per heavy atom. The molecule has 5 heteroatoms. The van der Waals surface area contributed by atoms with Crippen molar-refractivity contribution in [3.8, 4) is 0 Å². The number of rotatable bonds is 4. The van der Waals surface area contributed by atoms with E-state index in [4.69, 9.17) is 0 Å². The summed E-state index contributed by atoms with van der Waals surface area (Å²) in [6.45, 7) is 4.01. The molecule has 0 radical (unpaired) electrons. The number of carbonyl (C=O) groups excluding carboxylic acids is 1. The third-order valence-electron chi connectivity index (χ3n) is 3.01. The van der Waals surface area contributed by atoms with Crippen LogP contribution in [-0.4, -0.2) is 46.6 Å². The average molecular weight is 249 g/mol.